The van der Waals surface area contributed by atoms with Crippen molar-refractivity contribution in [1.29, 1.82) is 0 Å². The number of rotatable bonds is 7. The molecule has 1 saturated carbocycles. The highest BCUT2D eigenvalue weighted by molar-refractivity contribution is 7.87. The molecule has 1 fully saturated rings. The zero-order valence-corrected chi connectivity index (χ0v) is 13.9. The first-order valence-corrected chi connectivity index (χ1v) is 9.37. The van der Waals surface area contributed by atoms with Crippen LogP contribution in [0.3, 0.4) is 0 Å². The monoisotopic (exact) mass is 330 g/mol. The average molecular weight is 331 g/mol. The van der Waals surface area contributed by atoms with Crippen molar-refractivity contribution in [1.82, 2.24) is 9.44 Å². The van der Waals surface area contributed by atoms with Crippen LogP contribution in [0.5, 0.6) is 0 Å². The van der Waals surface area contributed by atoms with E-state index >= 15 is 0 Å². The van der Waals surface area contributed by atoms with Crippen molar-refractivity contribution in [3.63, 3.8) is 0 Å². The fourth-order valence-corrected chi connectivity index (χ4v) is 4.07. The second-order valence-corrected chi connectivity index (χ2v) is 7.57. The molecule has 0 saturated heterocycles. The SMILES string of the molecule is CCNS(=O)(=O)NCC(c1ccc(Cl)cc1)C1CCCC1. The molecule has 0 radical (unpaired) electrons. The second-order valence-electron chi connectivity index (χ2n) is 5.55. The molecule has 1 aliphatic rings. The van der Waals surface area contributed by atoms with Gasteiger partial charge in [-0.1, -0.05) is 43.5 Å². The Morgan fingerprint density at radius 2 is 1.81 bits per heavy atom. The minimum atomic E-state index is -3.40. The predicted molar refractivity (Wildman–Crippen MR) is 86.8 cm³/mol. The third kappa shape index (κ3) is 4.95. The molecule has 1 aromatic carbocycles. The Hall–Kier alpha value is -0.620. The van der Waals surface area contributed by atoms with Gasteiger partial charge in [0.25, 0.3) is 10.2 Å². The lowest BCUT2D eigenvalue weighted by Crippen LogP contribution is -2.39. The van der Waals surface area contributed by atoms with E-state index in [0.29, 0.717) is 24.0 Å². The number of benzene rings is 1. The average Bonchev–Trinajstić information content (AvgIpc) is 2.95. The highest BCUT2D eigenvalue weighted by Gasteiger charge is 2.27. The molecule has 0 aliphatic heterocycles. The first kappa shape index (κ1) is 16.7. The molecular weight excluding hydrogens is 308 g/mol. The van der Waals surface area contributed by atoms with Crippen molar-refractivity contribution in [2.75, 3.05) is 13.1 Å². The lowest BCUT2D eigenvalue weighted by atomic mass is 9.85. The molecule has 118 valence electrons. The Bertz CT molecular complexity index is 539. The highest BCUT2D eigenvalue weighted by Crippen LogP contribution is 2.37. The van der Waals surface area contributed by atoms with E-state index in [4.69, 9.17) is 11.6 Å². The highest BCUT2D eigenvalue weighted by atomic mass is 35.5. The molecule has 0 aromatic heterocycles. The minimum absolute atomic E-state index is 0.207. The van der Waals surface area contributed by atoms with Crippen LogP contribution in [0.25, 0.3) is 0 Å². The number of hydrogen-bond donors (Lipinski definition) is 2. The summed E-state index contributed by atoms with van der Waals surface area (Å²) in [6.45, 7) is 2.60. The van der Waals surface area contributed by atoms with Gasteiger partial charge in [-0.2, -0.15) is 8.42 Å². The van der Waals surface area contributed by atoms with Gasteiger partial charge in [-0.05, 0) is 36.5 Å². The summed E-state index contributed by atoms with van der Waals surface area (Å²) in [7, 11) is -3.40. The second kappa shape index (κ2) is 7.58. The van der Waals surface area contributed by atoms with Gasteiger partial charge in [0.05, 0.1) is 0 Å². The van der Waals surface area contributed by atoms with Gasteiger partial charge < -0.3 is 0 Å². The fourth-order valence-electron chi connectivity index (χ4n) is 3.07. The number of nitrogens with one attached hydrogen (secondary N) is 2. The molecule has 0 spiro atoms. The molecule has 4 nitrogen and oxygen atoms in total. The molecule has 0 heterocycles. The van der Waals surface area contributed by atoms with Gasteiger partial charge in [0.1, 0.15) is 0 Å². The van der Waals surface area contributed by atoms with Crippen LogP contribution in [-0.2, 0) is 10.2 Å². The maximum Gasteiger partial charge on any atom is 0.276 e. The summed E-state index contributed by atoms with van der Waals surface area (Å²) in [6.07, 6.45) is 4.79. The van der Waals surface area contributed by atoms with Crippen LogP contribution in [0.2, 0.25) is 5.02 Å². The maximum atomic E-state index is 11.8. The van der Waals surface area contributed by atoms with Gasteiger partial charge in [-0.3, -0.25) is 0 Å². The summed E-state index contributed by atoms with van der Waals surface area (Å²) in [5.41, 5.74) is 1.16. The van der Waals surface area contributed by atoms with Crippen LogP contribution in [0.15, 0.2) is 24.3 Å². The summed E-state index contributed by atoms with van der Waals surface area (Å²) < 4.78 is 28.7. The van der Waals surface area contributed by atoms with Crippen LogP contribution in [-0.4, -0.2) is 21.5 Å². The van der Waals surface area contributed by atoms with Gasteiger partial charge in [0, 0.05) is 24.0 Å². The number of hydrogen-bond acceptors (Lipinski definition) is 2. The molecule has 2 N–H and O–H groups in total. The molecule has 1 unspecified atom stereocenters. The molecule has 1 atom stereocenters. The molecule has 0 bridgehead atoms. The van der Waals surface area contributed by atoms with E-state index in [1.165, 1.54) is 12.8 Å². The Kier molecular flexibility index (Phi) is 6.05. The summed E-state index contributed by atoms with van der Waals surface area (Å²) >= 11 is 5.95. The maximum absolute atomic E-state index is 11.8. The lowest BCUT2D eigenvalue weighted by molar-refractivity contribution is 0.427. The lowest BCUT2D eigenvalue weighted by Gasteiger charge is -2.24. The van der Waals surface area contributed by atoms with Crippen LogP contribution in [0, 0.1) is 5.92 Å². The number of halogens is 1. The summed E-state index contributed by atoms with van der Waals surface area (Å²) in [5.74, 6) is 0.744. The Morgan fingerprint density at radius 1 is 1.19 bits per heavy atom. The first-order chi connectivity index (χ1) is 10.0. The largest absolute Gasteiger partial charge is 0.276 e. The zero-order valence-electron chi connectivity index (χ0n) is 12.3. The van der Waals surface area contributed by atoms with Crippen molar-refractivity contribution in [3.8, 4) is 0 Å². The topological polar surface area (TPSA) is 58.2 Å². The normalized spacial score (nSPS) is 18.0. The van der Waals surface area contributed by atoms with E-state index < -0.39 is 10.2 Å². The van der Waals surface area contributed by atoms with Crippen LogP contribution in [0.1, 0.15) is 44.1 Å². The van der Waals surface area contributed by atoms with Crippen molar-refractivity contribution >= 4 is 21.8 Å². The van der Waals surface area contributed by atoms with Crippen LogP contribution >= 0.6 is 11.6 Å². The van der Waals surface area contributed by atoms with Crippen LogP contribution in [0.4, 0.5) is 0 Å². The molecule has 2 rings (SSSR count). The van der Waals surface area contributed by atoms with E-state index in [2.05, 4.69) is 9.44 Å². The van der Waals surface area contributed by atoms with Crippen molar-refractivity contribution < 1.29 is 8.42 Å². The molecule has 1 aliphatic carbocycles. The molecule has 1 aromatic rings. The van der Waals surface area contributed by atoms with E-state index in [9.17, 15) is 8.42 Å². The summed E-state index contributed by atoms with van der Waals surface area (Å²) in [4.78, 5) is 0. The van der Waals surface area contributed by atoms with Gasteiger partial charge >= 0.3 is 0 Å². The van der Waals surface area contributed by atoms with E-state index in [0.717, 1.165) is 18.4 Å². The van der Waals surface area contributed by atoms with E-state index in [1.54, 1.807) is 6.92 Å². The van der Waals surface area contributed by atoms with E-state index in [-0.39, 0.29) is 5.92 Å². The third-order valence-corrected chi connectivity index (χ3v) is 5.56. The Morgan fingerprint density at radius 3 is 2.38 bits per heavy atom. The van der Waals surface area contributed by atoms with Crippen molar-refractivity contribution in [3.05, 3.63) is 34.9 Å². The standard InChI is InChI=1S/C15H23ClN2O2S/c1-2-17-21(19,20)18-11-15(12-5-3-4-6-12)13-7-9-14(16)10-8-13/h7-10,12,15,17-18H,2-6,11H2,1H3. The van der Waals surface area contributed by atoms with Gasteiger partial charge in [0.15, 0.2) is 0 Å². The Labute approximate surface area is 132 Å². The first-order valence-electron chi connectivity index (χ1n) is 7.51. The summed E-state index contributed by atoms with van der Waals surface area (Å²) in [5, 5.41) is 0.706. The summed E-state index contributed by atoms with van der Waals surface area (Å²) in [6, 6.07) is 7.76. The predicted octanol–water partition coefficient (Wildman–Crippen LogP) is 3.06. The van der Waals surface area contributed by atoms with E-state index in [1.807, 2.05) is 24.3 Å². The van der Waals surface area contributed by atoms with Gasteiger partial charge in [-0.15, -0.1) is 0 Å². The quantitative estimate of drug-likeness (QED) is 0.807. The molecule has 21 heavy (non-hydrogen) atoms. The molecular formula is C15H23ClN2O2S. The third-order valence-electron chi connectivity index (χ3n) is 4.09. The van der Waals surface area contributed by atoms with Gasteiger partial charge in [0.2, 0.25) is 0 Å². The fraction of sp³-hybridized carbons (Fsp3) is 0.600. The van der Waals surface area contributed by atoms with Crippen molar-refractivity contribution in [2.45, 2.75) is 38.5 Å². The smallest absolute Gasteiger partial charge is 0.203 e. The van der Waals surface area contributed by atoms with Crippen LogP contribution < -0.4 is 9.44 Å². The molecule has 6 heteroatoms. The molecule has 0 amide bonds. The Balaban J connectivity index is 2.11. The van der Waals surface area contributed by atoms with Gasteiger partial charge in [-0.25, -0.2) is 9.44 Å². The minimum Gasteiger partial charge on any atom is -0.203 e. The zero-order chi connectivity index (χ0) is 15.3. The van der Waals surface area contributed by atoms with Crippen molar-refractivity contribution in [2.24, 2.45) is 5.92 Å².